The van der Waals surface area contributed by atoms with Gasteiger partial charge in [0.2, 0.25) is 6.79 Å². The molecule has 2 heterocycles. The molecule has 28 heavy (non-hydrogen) atoms. The fourth-order valence-electron chi connectivity index (χ4n) is 2.99. The van der Waals surface area contributed by atoms with Crippen molar-refractivity contribution in [2.45, 2.75) is 20.4 Å². The molecule has 0 aromatic heterocycles. The van der Waals surface area contributed by atoms with Gasteiger partial charge in [0, 0.05) is 11.6 Å². The van der Waals surface area contributed by atoms with Crippen LogP contribution in [0.1, 0.15) is 23.6 Å². The molecular weight excluding hydrogens is 378 g/mol. The minimum absolute atomic E-state index is 0.150. The first-order chi connectivity index (χ1) is 13.5. The molecule has 6 nitrogen and oxygen atoms in total. The van der Waals surface area contributed by atoms with Crippen LogP contribution in [0.5, 0.6) is 17.2 Å². The molecule has 0 N–H and O–H groups in total. The Morgan fingerprint density at radius 3 is 2.57 bits per heavy atom. The maximum Gasteiger partial charge on any atom is 0.293 e. The lowest BCUT2D eigenvalue weighted by Crippen LogP contribution is -2.27. The van der Waals surface area contributed by atoms with Crippen LogP contribution in [0.15, 0.2) is 41.3 Å². The average Bonchev–Trinajstić information content (AvgIpc) is 3.23. The van der Waals surface area contributed by atoms with Crippen molar-refractivity contribution in [1.82, 2.24) is 4.90 Å². The van der Waals surface area contributed by atoms with E-state index in [1.807, 2.05) is 38.1 Å². The average molecular weight is 397 g/mol. The smallest absolute Gasteiger partial charge is 0.293 e. The second kappa shape index (κ2) is 7.59. The number of hydrogen-bond acceptors (Lipinski definition) is 6. The van der Waals surface area contributed by atoms with E-state index < -0.39 is 0 Å². The zero-order valence-electron chi connectivity index (χ0n) is 15.6. The fourth-order valence-corrected chi connectivity index (χ4v) is 3.82. The largest absolute Gasteiger partial charge is 0.493 e. The van der Waals surface area contributed by atoms with Crippen LogP contribution in [0.25, 0.3) is 6.08 Å². The zero-order chi connectivity index (χ0) is 19.7. The summed E-state index contributed by atoms with van der Waals surface area (Å²) in [7, 11) is 0. The van der Waals surface area contributed by atoms with Gasteiger partial charge in [-0.1, -0.05) is 29.8 Å². The molecule has 7 heteroatoms. The Balaban J connectivity index is 1.61. The predicted molar refractivity (Wildman–Crippen MR) is 106 cm³/mol. The second-order valence-corrected chi connectivity index (χ2v) is 7.42. The van der Waals surface area contributed by atoms with Crippen LogP contribution in [0.4, 0.5) is 4.79 Å². The molecule has 0 atom stereocenters. The molecule has 0 unspecified atom stereocenters. The van der Waals surface area contributed by atoms with Gasteiger partial charge in [-0.15, -0.1) is 0 Å². The van der Waals surface area contributed by atoms with Gasteiger partial charge < -0.3 is 14.2 Å². The highest BCUT2D eigenvalue weighted by atomic mass is 32.2. The topological polar surface area (TPSA) is 65.1 Å². The zero-order valence-corrected chi connectivity index (χ0v) is 16.4. The molecule has 0 saturated carbocycles. The van der Waals surface area contributed by atoms with E-state index in [0.29, 0.717) is 34.3 Å². The van der Waals surface area contributed by atoms with Crippen molar-refractivity contribution in [1.29, 1.82) is 0 Å². The maximum atomic E-state index is 12.8. The molecule has 0 spiro atoms. The summed E-state index contributed by atoms with van der Waals surface area (Å²) in [6.45, 7) is 4.74. The standard InChI is InChI=1S/C21H19NO5S/c1-3-25-16-10-18-17(26-12-27-18)8-15(16)9-19-20(23)22(21(24)28-19)11-14-6-4-13(2)5-7-14/h4-10H,3,11-12H2,1-2H3/b19-9+. The van der Waals surface area contributed by atoms with Gasteiger partial charge in [0.25, 0.3) is 11.1 Å². The number of thioether (sulfide) groups is 1. The lowest BCUT2D eigenvalue weighted by atomic mass is 10.1. The van der Waals surface area contributed by atoms with Crippen LogP contribution in [-0.2, 0) is 11.3 Å². The van der Waals surface area contributed by atoms with E-state index in [4.69, 9.17) is 14.2 Å². The van der Waals surface area contributed by atoms with E-state index in [2.05, 4.69) is 0 Å². The normalized spacial score (nSPS) is 16.9. The number of imide groups is 1. The fraction of sp³-hybridized carbons (Fsp3) is 0.238. The Morgan fingerprint density at radius 1 is 1.14 bits per heavy atom. The summed E-state index contributed by atoms with van der Waals surface area (Å²) in [5.74, 6) is 1.47. The van der Waals surface area contributed by atoms with Crippen LogP contribution in [0, 0.1) is 6.92 Å². The molecule has 0 radical (unpaired) electrons. The van der Waals surface area contributed by atoms with Crippen molar-refractivity contribution in [3.05, 3.63) is 58.0 Å². The Labute approximate surface area is 167 Å². The maximum absolute atomic E-state index is 12.8. The van der Waals surface area contributed by atoms with E-state index >= 15 is 0 Å². The van der Waals surface area contributed by atoms with E-state index in [0.717, 1.165) is 22.9 Å². The third-order valence-corrected chi connectivity index (χ3v) is 5.33. The number of amides is 2. The number of aryl methyl sites for hydroxylation is 1. The lowest BCUT2D eigenvalue weighted by Gasteiger charge is -2.12. The van der Waals surface area contributed by atoms with Crippen molar-refractivity contribution in [2.24, 2.45) is 0 Å². The van der Waals surface area contributed by atoms with E-state index in [1.54, 1.807) is 18.2 Å². The summed E-state index contributed by atoms with van der Waals surface area (Å²) in [5, 5.41) is -0.282. The van der Waals surface area contributed by atoms with Crippen molar-refractivity contribution >= 4 is 29.0 Å². The van der Waals surface area contributed by atoms with Crippen molar-refractivity contribution in [3.63, 3.8) is 0 Å². The van der Waals surface area contributed by atoms with Crippen LogP contribution in [0.3, 0.4) is 0 Å². The molecule has 0 bridgehead atoms. The molecular formula is C21H19NO5S. The summed E-state index contributed by atoms with van der Waals surface area (Å²) in [6, 6.07) is 11.3. The summed E-state index contributed by atoms with van der Waals surface area (Å²) in [6.07, 6.45) is 1.67. The molecule has 1 saturated heterocycles. The van der Waals surface area contributed by atoms with Gasteiger partial charge in [-0.2, -0.15) is 0 Å². The van der Waals surface area contributed by atoms with Gasteiger partial charge in [-0.3, -0.25) is 14.5 Å². The lowest BCUT2D eigenvalue weighted by molar-refractivity contribution is -0.123. The minimum atomic E-state index is -0.310. The monoisotopic (exact) mass is 397 g/mol. The Bertz CT molecular complexity index is 968. The van der Waals surface area contributed by atoms with E-state index in [-0.39, 0.29) is 24.5 Å². The first kappa shape index (κ1) is 18.4. The number of hydrogen-bond donors (Lipinski definition) is 0. The highest BCUT2D eigenvalue weighted by molar-refractivity contribution is 8.18. The summed E-state index contributed by atoms with van der Waals surface area (Å²) >= 11 is 0.930. The number of ether oxygens (including phenoxy) is 3. The van der Waals surface area contributed by atoms with Crippen molar-refractivity contribution in [3.8, 4) is 17.2 Å². The van der Waals surface area contributed by atoms with Gasteiger partial charge in [0.05, 0.1) is 18.1 Å². The molecule has 2 aliphatic rings. The van der Waals surface area contributed by atoms with E-state index in [9.17, 15) is 9.59 Å². The number of nitrogens with zero attached hydrogens (tertiary/aromatic N) is 1. The number of rotatable bonds is 5. The van der Waals surface area contributed by atoms with Gasteiger partial charge in [0.1, 0.15) is 5.75 Å². The number of carbonyl (C=O) groups is 2. The molecule has 2 aliphatic heterocycles. The second-order valence-electron chi connectivity index (χ2n) is 6.43. The Hall–Kier alpha value is -2.93. The van der Waals surface area contributed by atoms with Crippen molar-refractivity contribution in [2.75, 3.05) is 13.4 Å². The van der Waals surface area contributed by atoms with Crippen LogP contribution in [-0.4, -0.2) is 29.4 Å². The van der Waals surface area contributed by atoms with E-state index in [1.165, 1.54) is 4.90 Å². The molecule has 2 aromatic carbocycles. The first-order valence-corrected chi connectivity index (χ1v) is 9.74. The third kappa shape index (κ3) is 3.57. The number of carbonyl (C=O) groups excluding carboxylic acids is 2. The van der Waals surface area contributed by atoms with Gasteiger partial charge in [-0.05, 0) is 43.3 Å². The molecule has 144 valence electrons. The summed E-state index contributed by atoms with van der Waals surface area (Å²) < 4.78 is 16.5. The van der Waals surface area contributed by atoms with Crippen LogP contribution >= 0.6 is 11.8 Å². The van der Waals surface area contributed by atoms with Gasteiger partial charge in [-0.25, -0.2) is 0 Å². The molecule has 2 amide bonds. The molecule has 0 aliphatic carbocycles. The third-order valence-electron chi connectivity index (χ3n) is 4.43. The molecule has 2 aromatic rings. The van der Waals surface area contributed by atoms with Crippen LogP contribution in [0.2, 0.25) is 0 Å². The number of fused-ring (bicyclic) bond motifs is 1. The summed E-state index contributed by atoms with van der Waals surface area (Å²) in [4.78, 5) is 26.8. The van der Waals surface area contributed by atoms with Crippen molar-refractivity contribution < 1.29 is 23.8 Å². The predicted octanol–water partition coefficient (Wildman–Crippen LogP) is 4.36. The quantitative estimate of drug-likeness (QED) is 0.699. The highest BCUT2D eigenvalue weighted by Gasteiger charge is 2.35. The summed E-state index contributed by atoms with van der Waals surface area (Å²) in [5.41, 5.74) is 2.71. The number of benzene rings is 2. The Morgan fingerprint density at radius 2 is 1.86 bits per heavy atom. The SMILES string of the molecule is CCOc1cc2c(cc1/C=C1/SC(=O)N(Cc3ccc(C)cc3)C1=O)OCO2. The van der Waals surface area contributed by atoms with Crippen LogP contribution < -0.4 is 14.2 Å². The Kier molecular flexibility index (Phi) is 5.00. The first-order valence-electron chi connectivity index (χ1n) is 8.92. The van der Waals surface area contributed by atoms with Gasteiger partial charge >= 0.3 is 0 Å². The highest BCUT2D eigenvalue weighted by Crippen LogP contribution is 2.41. The molecule has 1 fully saturated rings. The minimum Gasteiger partial charge on any atom is -0.493 e. The molecule has 4 rings (SSSR count). The van der Waals surface area contributed by atoms with Gasteiger partial charge in [0.15, 0.2) is 11.5 Å².